The Hall–Kier alpha value is -3.68. The van der Waals surface area contributed by atoms with E-state index in [0.29, 0.717) is 33.8 Å². The number of hydrogen-bond donors (Lipinski definition) is 2. The molecule has 1 amide bonds. The molecule has 39 heavy (non-hydrogen) atoms. The maximum absolute atomic E-state index is 12.1. The van der Waals surface area contributed by atoms with Gasteiger partial charge in [-0.05, 0) is 74.2 Å². The molecular formula is C31H38ClN5O2. The Morgan fingerprint density at radius 2 is 1.97 bits per heavy atom. The van der Waals surface area contributed by atoms with Crippen LogP contribution in [0.1, 0.15) is 50.8 Å². The van der Waals surface area contributed by atoms with Gasteiger partial charge in [0.1, 0.15) is 11.9 Å². The third-order valence-electron chi connectivity index (χ3n) is 6.41. The molecule has 1 aliphatic heterocycles. The van der Waals surface area contributed by atoms with Crippen LogP contribution >= 0.6 is 11.6 Å². The van der Waals surface area contributed by atoms with Crippen molar-refractivity contribution in [2.24, 2.45) is 0 Å². The van der Waals surface area contributed by atoms with Crippen molar-refractivity contribution in [1.29, 1.82) is 0 Å². The predicted molar refractivity (Wildman–Crippen MR) is 163 cm³/mol. The third kappa shape index (κ3) is 8.15. The van der Waals surface area contributed by atoms with Crippen LogP contribution < -0.4 is 15.4 Å². The number of benzene rings is 1. The second-order valence-corrected chi connectivity index (χ2v) is 9.56. The Balaban J connectivity index is 0.00000205. The van der Waals surface area contributed by atoms with E-state index >= 15 is 0 Å². The van der Waals surface area contributed by atoms with Crippen LogP contribution in [-0.4, -0.2) is 47.0 Å². The van der Waals surface area contributed by atoms with Crippen LogP contribution in [0.3, 0.4) is 0 Å². The minimum atomic E-state index is -0.316. The Labute approximate surface area is 237 Å². The number of carbonyl (C=O) groups excluding carboxylic acids is 1. The van der Waals surface area contributed by atoms with Gasteiger partial charge in [-0.25, -0.2) is 9.97 Å². The fraction of sp³-hybridized carbons (Fsp3) is 0.323. The molecular weight excluding hydrogens is 510 g/mol. The Kier molecular flexibility index (Phi) is 11.1. The zero-order valence-electron chi connectivity index (χ0n) is 23.1. The maximum Gasteiger partial charge on any atom is 0.247 e. The normalized spacial score (nSPS) is 15.6. The standard InChI is InChI=1S/C29H32ClN5O2.C2H6/c1-5-20-18-31-29(34-28(20)19(3)21-8-7-9-22(30)16-21)32-23-10-11-26(25(17-23)33-27(36)6-2)37-24-12-14-35(4)15-13-24;1-2/h5-6,9-11,16-18,24H,1-3,7-8,12-15H2,4H3,(H,33,36)(H,31,32,34);1-2H3. The van der Waals surface area contributed by atoms with Gasteiger partial charge in [-0.2, -0.15) is 0 Å². The molecule has 0 saturated carbocycles. The average Bonchev–Trinajstić information content (AvgIpc) is 2.96. The number of halogens is 1. The SMILES string of the molecule is C=CC(=O)Nc1cc(Nc2ncc(C=C)c(C(=C)C3=CC(Cl)=CCC3)n2)ccc1OC1CCN(C)CC1.CC. The highest BCUT2D eigenvalue weighted by atomic mass is 35.5. The molecule has 8 heteroatoms. The predicted octanol–water partition coefficient (Wildman–Crippen LogP) is 7.34. The van der Waals surface area contributed by atoms with Crippen LogP contribution in [0.25, 0.3) is 11.6 Å². The third-order valence-corrected chi connectivity index (χ3v) is 6.68. The minimum absolute atomic E-state index is 0.0928. The summed E-state index contributed by atoms with van der Waals surface area (Å²) in [7, 11) is 2.11. The molecule has 0 spiro atoms. The number of piperidine rings is 1. The van der Waals surface area contributed by atoms with Gasteiger partial charge in [0.25, 0.3) is 0 Å². The fourth-order valence-corrected chi connectivity index (χ4v) is 4.54. The molecule has 1 aromatic carbocycles. The quantitative estimate of drug-likeness (QED) is 0.320. The van der Waals surface area contributed by atoms with Crippen LogP contribution in [0, 0.1) is 0 Å². The molecule has 2 aromatic rings. The van der Waals surface area contributed by atoms with E-state index in [2.05, 4.69) is 47.3 Å². The molecule has 0 atom stereocenters. The van der Waals surface area contributed by atoms with E-state index in [1.807, 2.05) is 38.1 Å². The first-order chi connectivity index (χ1) is 18.9. The summed E-state index contributed by atoms with van der Waals surface area (Å²) >= 11 is 6.23. The van der Waals surface area contributed by atoms with Crippen molar-refractivity contribution in [2.45, 2.75) is 45.6 Å². The minimum Gasteiger partial charge on any atom is -0.488 e. The number of allylic oxidation sites excluding steroid dienone is 5. The monoisotopic (exact) mass is 547 g/mol. The summed E-state index contributed by atoms with van der Waals surface area (Å²) in [5.41, 5.74) is 4.53. The van der Waals surface area contributed by atoms with E-state index < -0.39 is 0 Å². The number of hydrogen-bond acceptors (Lipinski definition) is 6. The number of ether oxygens (including phenoxy) is 1. The number of carbonyl (C=O) groups is 1. The van der Waals surface area contributed by atoms with Crippen LogP contribution in [0.4, 0.5) is 17.3 Å². The second kappa shape index (κ2) is 14.5. The summed E-state index contributed by atoms with van der Waals surface area (Å²) in [6.45, 7) is 17.7. The first-order valence-corrected chi connectivity index (χ1v) is 13.7. The van der Waals surface area contributed by atoms with Crippen LogP contribution in [0.2, 0.25) is 0 Å². The highest BCUT2D eigenvalue weighted by molar-refractivity contribution is 6.31. The van der Waals surface area contributed by atoms with Gasteiger partial charge in [-0.15, -0.1) is 0 Å². The van der Waals surface area contributed by atoms with E-state index in [1.54, 1.807) is 18.3 Å². The second-order valence-electron chi connectivity index (χ2n) is 9.13. The topological polar surface area (TPSA) is 79.4 Å². The molecule has 0 radical (unpaired) electrons. The molecule has 1 fully saturated rings. The summed E-state index contributed by atoms with van der Waals surface area (Å²) < 4.78 is 6.26. The summed E-state index contributed by atoms with van der Waals surface area (Å²) in [6.07, 6.45) is 12.2. The molecule has 2 heterocycles. The van der Waals surface area contributed by atoms with Crippen molar-refractivity contribution in [1.82, 2.24) is 14.9 Å². The van der Waals surface area contributed by atoms with Crippen molar-refractivity contribution < 1.29 is 9.53 Å². The van der Waals surface area contributed by atoms with Crippen molar-refractivity contribution in [3.63, 3.8) is 0 Å². The van der Waals surface area contributed by atoms with Crippen LogP contribution in [0.5, 0.6) is 5.75 Å². The molecule has 0 bridgehead atoms. The number of rotatable bonds is 9. The van der Waals surface area contributed by atoms with Crippen molar-refractivity contribution >= 4 is 46.5 Å². The number of likely N-dealkylation sites (tertiary alicyclic amines) is 1. The van der Waals surface area contributed by atoms with E-state index in [1.165, 1.54) is 6.08 Å². The first-order valence-electron chi connectivity index (χ1n) is 13.3. The lowest BCUT2D eigenvalue weighted by Crippen LogP contribution is -2.35. The van der Waals surface area contributed by atoms with Gasteiger partial charge in [-0.3, -0.25) is 4.79 Å². The smallest absolute Gasteiger partial charge is 0.247 e. The summed E-state index contributed by atoms with van der Waals surface area (Å²) in [6, 6.07) is 5.53. The van der Waals surface area contributed by atoms with E-state index in [0.717, 1.165) is 55.5 Å². The van der Waals surface area contributed by atoms with Gasteiger partial charge in [0.15, 0.2) is 0 Å². The zero-order chi connectivity index (χ0) is 28.4. The lowest BCUT2D eigenvalue weighted by Gasteiger charge is -2.30. The summed E-state index contributed by atoms with van der Waals surface area (Å²) in [4.78, 5) is 23.6. The van der Waals surface area contributed by atoms with Gasteiger partial charge in [0.05, 0.1) is 11.4 Å². The van der Waals surface area contributed by atoms with Crippen molar-refractivity contribution in [3.8, 4) is 5.75 Å². The number of anilines is 3. The average molecular weight is 548 g/mol. The zero-order valence-corrected chi connectivity index (χ0v) is 23.9. The highest BCUT2D eigenvalue weighted by Gasteiger charge is 2.20. The lowest BCUT2D eigenvalue weighted by atomic mass is 9.94. The van der Waals surface area contributed by atoms with Gasteiger partial charge < -0.3 is 20.3 Å². The van der Waals surface area contributed by atoms with Crippen LogP contribution in [0.15, 0.2) is 73.0 Å². The van der Waals surface area contributed by atoms with Crippen molar-refractivity contribution in [2.75, 3.05) is 30.8 Å². The largest absolute Gasteiger partial charge is 0.488 e. The molecule has 1 aliphatic carbocycles. The lowest BCUT2D eigenvalue weighted by molar-refractivity contribution is -0.111. The van der Waals surface area contributed by atoms with Crippen LogP contribution in [-0.2, 0) is 4.79 Å². The van der Waals surface area contributed by atoms with E-state index in [-0.39, 0.29) is 12.0 Å². The number of nitrogens with one attached hydrogen (secondary N) is 2. The van der Waals surface area contributed by atoms with Gasteiger partial charge in [0, 0.05) is 35.6 Å². The van der Waals surface area contributed by atoms with Gasteiger partial charge >= 0.3 is 0 Å². The summed E-state index contributed by atoms with van der Waals surface area (Å²) in [5.74, 6) is 0.690. The Bertz CT molecular complexity index is 1280. The molecule has 1 saturated heterocycles. The first kappa shape index (κ1) is 29.9. The molecule has 4 rings (SSSR count). The van der Waals surface area contributed by atoms with Gasteiger partial charge in [-0.1, -0.05) is 57.3 Å². The van der Waals surface area contributed by atoms with Gasteiger partial charge in [0.2, 0.25) is 11.9 Å². The molecule has 2 aliphatic rings. The van der Waals surface area contributed by atoms with E-state index in [4.69, 9.17) is 21.3 Å². The Morgan fingerprint density at radius 3 is 2.64 bits per heavy atom. The van der Waals surface area contributed by atoms with E-state index in [9.17, 15) is 4.79 Å². The molecule has 2 N–H and O–H groups in total. The molecule has 1 aromatic heterocycles. The number of amides is 1. The molecule has 206 valence electrons. The fourth-order valence-electron chi connectivity index (χ4n) is 4.30. The molecule has 0 unspecified atom stereocenters. The molecule has 7 nitrogen and oxygen atoms in total. The Morgan fingerprint density at radius 1 is 1.23 bits per heavy atom. The highest BCUT2D eigenvalue weighted by Crippen LogP contribution is 2.34. The summed E-state index contributed by atoms with van der Waals surface area (Å²) in [5, 5.41) is 6.79. The number of aromatic nitrogens is 2. The maximum atomic E-state index is 12.1. The number of nitrogens with zero attached hydrogens (tertiary/aromatic N) is 3. The van der Waals surface area contributed by atoms with Crippen molar-refractivity contribution in [3.05, 3.63) is 84.2 Å².